The van der Waals surface area contributed by atoms with Crippen LogP contribution in [0.3, 0.4) is 0 Å². The zero-order chi connectivity index (χ0) is 18.8. The highest BCUT2D eigenvalue weighted by atomic mass is 79.9. The highest BCUT2D eigenvalue weighted by Crippen LogP contribution is 2.26. The van der Waals surface area contributed by atoms with Gasteiger partial charge in [-0.1, -0.05) is 34.1 Å². The molecule has 4 rings (SSSR count). The maximum absolute atomic E-state index is 13.0. The van der Waals surface area contributed by atoms with Gasteiger partial charge in [0.25, 0.3) is 5.91 Å². The highest BCUT2D eigenvalue weighted by Gasteiger charge is 2.14. The molecule has 0 fully saturated rings. The van der Waals surface area contributed by atoms with Gasteiger partial charge in [0.2, 0.25) is 0 Å². The van der Waals surface area contributed by atoms with Crippen molar-refractivity contribution in [1.29, 1.82) is 0 Å². The number of amides is 1. The summed E-state index contributed by atoms with van der Waals surface area (Å²) in [5.74, 6) is -0.166. The summed E-state index contributed by atoms with van der Waals surface area (Å²) in [5, 5.41) is 3.81. The molecular formula is C22H16BrN3O. The van der Waals surface area contributed by atoms with Gasteiger partial charge < -0.3 is 5.32 Å². The Balaban J connectivity index is 1.79. The zero-order valence-electron chi connectivity index (χ0n) is 14.6. The van der Waals surface area contributed by atoms with Crippen LogP contribution in [0.15, 0.2) is 77.5 Å². The molecule has 0 aliphatic carbocycles. The smallest absolute Gasteiger partial charge is 0.256 e. The van der Waals surface area contributed by atoms with Crippen LogP contribution in [0.1, 0.15) is 15.9 Å². The van der Waals surface area contributed by atoms with E-state index in [0.717, 1.165) is 37.9 Å². The van der Waals surface area contributed by atoms with Crippen molar-refractivity contribution in [2.75, 3.05) is 5.32 Å². The number of carbonyl (C=O) groups is 1. The third-order valence-electron chi connectivity index (χ3n) is 4.33. The predicted octanol–water partition coefficient (Wildman–Crippen LogP) is 5.62. The molecule has 1 amide bonds. The topological polar surface area (TPSA) is 54.9 Å². The molecule has 0 bridgehead atoms. The molecule has 132 valence electrons. The van der Waals surface area contributed by atoms with Crippen LogP contribution in [0.4, 0.5) is 5.69 Å². The van der Waals surface area contributed by atoms with Gasteiger partial charge >= 0.3 is 0 Å². The van der Waals surface area contributed by atoms with Gasteiger partial charge in [-0.25, -0.2) is 4.98 Å². The zero-order valence-corrected chi connectivity index (χ0v) is 16.2. The fourth-order valence-corrected chi connectivity index (χ4v) is 3.19. The standard InChI is InChI=1S/C22H16BrN3O/c1-14-11-16(8-9-19(14)23)25-22(27)18-12-21(15-5-4-10-24-13-15)26-20-7-3-2-6-17(18)20/h2-13H,1H3,(H,25,27). The largest absolute Gasteiger partial charge is 0.322 e. The summed E-state index contributed by atoms with van der Waals surface area (Å²) < 4.78 is 1.01. The lowest BCUT2D eigenvalue weighted by Gasteiger charge is -2.11. The number of rotatable bonds is 3. The molecule has 0 radical (unpaired) electrons. The molecule has 2 aromatic heterocycles. The first-order valence-electron chi connectivity index (χ1n) is 8.49. The lowest BCUT2D eigenvalue weighted by Crippen LogP contribution is -2.13. The monoisotopic (exact) mass is 417 g/mol. The number of halogens is 1. The third kappa shape index (κ3) is 3.59. The van der Waals surface area contributed by atoms with Crippen molar-refractivity contribution in [2.45, 2.75) is 6.92 Å². The van der Waals surface area contributed by atoms with Crippen molar-refractivity contribution < 1.29 is 4.79 Å². The van der Waals surface area contributed by atoms with Crippen LogP contribution >= 0.6 is 15.9 Å². The average molecular weight is 418 g/mol. The Morgan fingerprint density at radius 2 is 1.89 bits per heavy atom. The quantitative estimate of drug-likeness (QED) is 0.470. The van der Waals surface area contributed by atoms with Crippen LogP contribution < -0.4 is 5.32 Å². The maximum Gasteiger partial charge on any atom is 0.256 e. The number of nitrogens with zero attached hydrogens (tertiary/aromatic N) is 2. The average Bonchev–Trinajstić information content (AvgIpc) is 2.70. The molecule has 4 nitrogen and oxygen atoms in total. The Morgan fingerprint density at radius 1 is 1.04 bits per heavy atom. The highest BCUT2D eigenvalue weighted by molar-refractivity contribution is 9.10. The summed E-state index contributed by atoms with van der Waals surface area (Å²) in [7, 11) is 0. The SMILES string of the molecule is Cc1cc(NC(=O)c2cc(-c3cccnc3)nc3ccccc23)ccc1Br. The third-order valence-corrected chi connectivity index (χ3v) is 5.22. The van der Waals surface area contributed by atoms with Crippen LogP contribution in [-0.4, -0.2) is 15.9 Å². The second kappa shape index (κ2) is 7.29. The number of aryl methyl sites for hydroxylation is 1. The first-order chi connectivity index (χ1) is 13.1. The minimum absolute atomic E-state index is 0.166. The van der Waals surface area contributed by atoms with Crippen molar-refractivity contribution in [3.8, 4) is 11.3 Å². The van der Waals surface area contributed by atoms with Gasteiger partial charge in [-0.15, -0.1) is 0 Å². The van der Waals surface area contributed by atoms with E-state index in [1.165, 1.54) is 0 Å². The van der Waals surface area contributed by atoms with Crippen LogP contribution in [0, 0.1) is 6.92 Å². The number of benzene rings is 2. The second-order valence-corrected chi connectivity index (χ2v) is 7.09. The van der Waals surface area contributed by atoms with E-state index in [1.807, 2.05) is 67.6 Å². The van der Waals surface area contributed by atoms with E-state index in [2.05, 4.69) is 26.2 Å². The Bertz CT molecular complexity index is 1140. The molecular weight excluding hydrogens is 402 g/mol. The van der Waals surface area contributed by atoms with Crippen molar-refractivity contribution in [2.24, 2.45) is 0 Å². The lowest BCUT2D eigenvalue weighted by atomic mass is 10.0. The molecule has 1 N–H and O–H groups in total. The van der Waals surface area contributed by atoms with E-state index in [4.69, 9.17) is 4.98 Å². The van der Waals surface area contributed by atoms with Crippen LogP contribution in [-0.2, 0) is 0 Å². The molecule has 0 aliphatic rings. The summed E-state index contributed by atoms with van der Waals surface area (Å²) in [6.45, 7) is 1.99. The predicted molar refractivity (Wildman–Crippen MR) is 112 cm³/mol. The van der Waals surface area contributed by atoms with E-state index < -0.39 is 0 Å². The van der Waals surface area contributed by atoms with Crippen molar-refractivity contribution in [1.82, 2.24) is 9.97 Å². The van der Waals surface area contributed by atoms with E-state index in [0.29, 0.717) is 5.56 Å². The van der Waals surface area contributed by atoms with E-state index in [-0.39, 0.29) is 5.91 Å². The normalized spacial score (nSPS) is 10.7. The molecule has 4 aromatic rings. The van der Waals surface area contributed by atoms with E-state index in [1.54, 1.807) is 12.4 Å². The second-order valence-electron chi connectivity index (χ2n) is 6.23. The van der Waals surface area contributed by atoms with Crippen molar-refractivity contribution in [3.05, 3.63) is 88.7 Å². The molecule has 0 unspecified atom stereocenters. The van der Waals surface area contributed by atoms with Gasteiger partial charge in [0, 0.05) is 33.5 Å². The van der Waals surface area contributed by atoms with Crippen LogP contribution in [0.5, 0.6) is 0 Å². The fraction of sp³-hybridized carbons (Fsp3) is 0.0455. The number of carbonyl (C=O) groups excluding carboxylic acids is 1. The van der Waals surface area contributed by atoms with Gasteiger partial charge in [0.1, 0.15) is 0 Å². The van der Waals surface area contributed by atoms with Gasteiger partial charge in [-0.3, -0.25) is 9.78 Å². The first kappa shape index (κ1) is 17.4. The minimum atomic E-state index is -0.166. The Kier molecular flexibility index (Phi) is 4.69. The summed E-state index contributed by atoms with van der Waals surface area (Å²) in [6, 6.07) is 19.0. The molecule has 2 heterocycles. The number of para-hydroxylation sites is 1. The Labute approximate surface area is 165 Å². The number of aromatic nitrogens is 2. The minimum Gasteiger partial charge on any atom is -0.322 e. The molecule has 5 heteroatoms. The number of hydrogen-bond acceptors (Lipinski definition) is 3. The van der Waals surface area contributed by atoms with Crippen molar-refractivity contribution in [3.63, 3.8) is 0 Å². The van der Waals surface area contributed by atoms with E-state index >= 15 is 0 Å². The fourth-order valence-electron chi connectivity index (χ4n) is 2.95. The van der Waals surface area contributed by atoms with E-state index in [9.17, 15) is 4.79 Å². The number of anilines is 1. The first-order valence-corrected chi connectivity index (χ1v) is 9.29. The van der Waals surface area contributed by atoms with Gasteiger partial charge in [-0.2, -0.15) is 0 Å². The van der Waals surface area contributed by atoms with Gasteiger partial charge in [0.05, 0.1) is 16.8 Å². The summed E-state index contributed by atoms with van der Waals surface area (Å²) in [5.41, 5.74) is 4.76. The number of pyridine rings is 2. The van der Waals surface area contributed by atoms with Gasteiger partial charge in [-0.05, 0) is 55.0 Å². The molecule has 0 spiro atoms. The lowest BCUT2D eigenvalue weighted by molar-refractivity contribution is 0.102. The Morgan fingerprint density at radius 3 is 2.67 bits per heavy atom. The molecule has 27 heavy (non-hydrogen) atoms. The molecule has 0 atom stereocenters. The Hall–Kier alpha value is -3.05. The van der Waals surface area contributed by atoms with Gasteiger partial charge in [0.15, 0.2) is 0 Å². The summed E-state index contributed by atoms with van der Waals surface area (Å²) >= 11 is 3.48. The maximum atomic E-state index is 13.0. The summed E-state index contributed by atoms with van der Waals surface area (Å²) in [6.07, 6.45) is 3.46. The number of hydrogen-bond donors (Lipinski definition) is 1. The number of fused-ring (bicyclic) bond motifs is 1. The summed E-state index contributed by atoms with van der Waals surface area (Å²) in [4.78, 5) is 21.9. The van der Waals surface area contributed by atoms with Crippen molar-refractivity contribution >= 4 is 38.4 Å². The van der Waals surface area contributed by atoms with Crippen LogP contribution in [0.25, 0.3) is 22.2 Å². The molecule has 2 aromatic carbocycles. The number of nitrogens with one attached hydrogen (secondary N) is 1. The van der Waals surface area contributed by atoms with Crippen LogP contribution in [0.2, 0.25) is 0 Å². The molecule has 0 aliphatic heterocycles. The molecule has 0 saturated carbocycles. The molecule has 0 saturated heterocycles.